The lowest BCUT2D eigenvalue weighted by molar-refractivity contribution is -0.117. The summed E-state index contributed by atoms with van der Waals surface area (Å²) in [6.07, 6.45) is 5.51. The zero-order valence-corrected chi connectivity index (χ0v) is 13.1. The number of imidazole rings is 1. The van der Waals surface area contributed by atoms with E-state index in [1.807, 2.05) is 35.0 Å². The second-order valence-corrected chi connectivity index (χ2v) is 6.06. The second-order valence-electron chi connectivity index (χ2n) is 5.14. The Morgan fingerprint density at radius 1 is 1.43 bits per heavy atom. The fourth-order valence-electron chi connectivity index (χ4n) is 2.45. The number of hydrogen-bond acceptors (Lipinski definition) is 3. The predicted molar refractivity (Wildman–Crippen MR) is 85.1 cm³/mol. The molecule has 0 saturated carbocycles. The van der Waals surface area contributed by atoms with Crippen LogP contribution < -0.4 is 10.6 Å². The molecule has 1 aromatic heterocycles. The molecule has 2 aromatic rings. The molecule has 21 heavy (non-hydrogen) atoms. The van der Waals surface area contributed by atoms with Crippen molar-refractivity contribution in [2.75, 3.05) is 11.9 Å². The van der Waals surface area contributed by atoms with E-state index >= 15 is 0 Å². The van der Waals surface area contributed by atoms with Crippen molar-refractivity contribution < 1.29 is 4.79 Å². The highest BCUT2D eigenvalue weighted by Crippen LogP contribution is 2.14. The second kappa shape index (κ2) is 6.41. The van der Waals surface area contributed by atoms with Crippen molar-refractivity contribution in [1.82, 2.24) is 14.9 Å². The quantitative estimate of drug-likeness (QED) is 0.891. The normalized spacial score (nSPS) is 17.9. The van der Waals surface area contributed by atoms with E-state index < -0.39 is 0 Å². The molecule has 2 N–H and O–H groups in total. The number of anilines is 1. The number of nitrogens with one attached hydrogen (secondary N) is 2. The van der Waals surface area contributed by atoms with Gasteiger partial charge in [0.15, 0.2) is 0 Å². The first kappa shape index (κ1) is 14.3. The number of rotatable bonds is 4. The largest absolute Gasteiger partial charge is 0.313 e. The molecular formula is C15H17BrN4O. The van der Waals surface area contributed by atoms with Crippen molar-refractivity contribution in [2.24, 2.45) is 0 Å². The van der Waals surface area contributed by atoms with Crippen LogP contribution in [0.4, 0.5) is 5.95 Å². The number of halogens is 1. The number of hydrogen-bond donors (Lipinski definition) is 2. The average Bonchev–Trinajstić information content (AvgIpc) is 3.14. The number of benzene rings is 1. The van der Waals surface area contributed by atoms with Crippen LogP contribution in [0.2, 0.25) is 0 Å². The monoisotopic (exact) mass is 348 g/mol. The first-order valence-electron chi connectivity index (χ1n) is 7.02. The molecule has 1 saturated heterocycles. The average molecular weight is 349 g/mol. The lowest BCUT2D eigenvalue weighted by atomic mass is 10.2. The molecule has 0 aliphatic carbocycles. The Kier molecular flexibility index (Phi) is 4.36. The Hall–Kier alpha value is -1.66. The van der Waals surface area contributed by atoms with Crippen LogP contribution in [0.25, 0.3) is 0 Å². The smallest absolute Gasteiger partial charge is 0.243 e. The molecule has 2 heterocycles. The molecule has 1 aliphatic rings. The Labute approximate surface area is 131 Å². The zero-order chi connectivity index (χ0) is 14.7. The summed E-state index contributed by atoms with van der Waals surface area (Å²) in [6, 6.07) is 8.02. The molecule has 1 unspecified atom stereocenters. The lowest BCUT2D eigenvalue weighted by Crippen LogP contribution is -2.36. The van der Waals surface area contributed by atoms with E-state index in [1.54, 1.807) is 6.20 Å². The minimum Gasteiger partial charge on any atom is -0.313 e. The van der Waals surface area contributed by atoms with Gasteiger partial charge in [0, 0.05) is 16.9 Å². The summed E-state index contributed by atoms with van der Waals surface area (Å²) >= 11 is 3.43. The maximum absolute atomic E-state index is 12.1. The maximum Gasteiger partial charge on any atom is 0.243 e. The number of nitrogens with zero attached hydrogens (tertiary/aromatic N) is 2. The van der Waals surface area contributed by atoms with Gasteiger partial charge in [0.2, 0.25) is 11.9 Å². The third kappa shape index (κ3) is 3.51. The number of carbonyl (C=O) groups excluding carboxylic acids is 1. The van der Waals surface area contributed by atoms with Gasteiger partial charge in [0.25, 0.3) is 0 Å². The van der Waals surface area contributed by atoms with Crippen LogP contribution in [0.5, 0.6) is 0 Å². The highest BCUT2D eigenvalue weighted by atomic mass is 79.9. The molecule has 1 aliphatic heterocycles. The number of amides is 1. The fraction of sp³-hybridized carbons (Fsp3) is 0.333. The summed E-state index contributed by atoms with van der Waals surface area (Å²) in [5, 5.41) is 6.10. The van der Waals surface area contributed by atoms with Gasteiger partial charge in [-0.25, -0.2) is 4.98 Å². The van der Waals surface area contributed by atoms with Crippen molar-refractivity contribution in [3.05, 3.63) is 46.7 Å². The van der Waals surface area contributed by atoms with Gasteiger partial charge < -0.3 is 9.88 Å². The van der Waals surface area contributed by atoms with Gasteiger partial charge in [-0.3, -0.25) is 10.1 Å². The molecule has 0 spiro atoms. The van der Waals surface area contributed by atoms with Crippen LogP contribution in [0.15, 0.2) is 41.1 Å². The first-order chi connectivity index (χ1) is 10.2. The molecule has 5 nitrogen and oxygen atoms in total. The van der Waals surface area contributed by atoms with E-state index in [9.17, 15) is 4.79 Å². The van der Waals surface area contributed by atoms with Crippen LogP contribution in [0.1, 0.15) is 18.4 Å². The molecule has 6 heteroatoms. The van der Waals surface area contributed by atoms with E-state index in [0.29, 0.717) is 12.5 Å². The molecule has 1 aromatic carbocycles. The van der Waals surface area contributed by atoms with Gasteiger partial charge in [-0.1, -0.05) is 28.1 Å². The van der Waals surface area contributed by atoms with Crippen molar-refractivity contribution in [2.45, 2.75) is 25.4 Å². The molecule has 1 fully saturated rings. The minimum atomic E-state index is -0.0946. The highest BCUT2D eigenvalue weighted by molar-refractivity contribution is 9.10. The first-order valence-corrected chi connectivity index (χ1v) is 7.81. The molecule has 1 amide bonds. The van der Waals surface area contributed by atoms with Crippen LogP contribution >= 0.6 is 15.9 Å². The molecule has 0 bridgehead atoms. The summed E-state index contributed by atoms with van der Waals surface area (Å²) in [5.74, 6) is 0.590. The molecule has 110 valence electrons. The fourth-order valence-corrected chi connectivity index (χ4v) is 2.72. The van der Waals surface area contributed by atoms with Gasteiger partial charge in [-0.05, 0) is 37.1 Å². The topological polar surface area (TPSA) is 59.0 Å². The lowest BCUT2D eigenvalue weighted by Gasteiger charge is -2.12. The predicted octanol–water partition coefficient (Wildman–Crippen LogP) is 2.38. The van der Waals surface area contributed by atoms with E-state index in [2.05, 4.69) is 31.5 Å². The van der Waals surface area contributed by atoms with E-state index in [4.69, 9.17) is 0 Å². The van der Waals surface area contributed by atoms with Crippen molar-refractivity contribution in [1.29, 1.82) is 0 Å². The number of aromatic nitrogens is 2. The summed E-state index contributed by atoms with van der Waals surface area (Å²) in [4.78, 5) is 16.4. The molecular weight excluding hydrogens is 332 g/mol. The third-order valence-electron chi connectivity index (χ3n) is 3.59. The van der Waals surface area contributed by atoms with E-state index in [0.717, 1.165) is 29.4 Å². The van der Waals surface area contributed by atoms with Crippen molar-refractivity contribution in [3.63, 3.8) is 0 Å². The van der Waals surface area contributed by atoms with Gasteiger partial charge >= 0.3 is 0 Å². The standard InChI is InChI=1S/C15H17BrN4O/c16-12-5-3-11(4-6-12)10-20-9-8-18-15(20)19-14(21)13-2-1-7-17-13/h3-6,8-9,13,17H,1-2,7,10H2,(H,18,19,21). The van der Waals surface area contributed by atoms with Gasteiger partial charge in [-0.2, -0.15) is 0 Å². The zero-order valence-electron chi connectivity index (χ0n) is 11.6. The maximum atomic E-state index is 12.1. The summed E-state index contributed by atoms with van der Waals surface area (Å²) < 4.78 is 2.99. The van der Waals surface area contributed by atoms with E-state index in [-0.39, 0.29) is 11.9 Å². The van der Waals surface area contributed by atoms with E-state index in [1.165, 1.54) is 0 Å². The van der Waals surface area contributed by atoms with Crippen LogP contribution in [0.3, 0.4) is 0 Å². The number of carbonyl (C=O) groups is 1. The van der Waals surface area contributed by atoms with Crippen LogP contribution in [-0.4, -0.2) is 28.0 Å². The van der Waals surface area contributed by atoms with Crippen LogP contribution in [-0.2, 0) is 11.3 Å². The minimum absolute atomic E-state index is 0.00393. The summed E-state index contributed by atoms with van der Waals surface area (Å²) in [7, 11) is 0. The molecule has 0 radical (unpaired) electrons. The summed E-state index contributed by atoms with van der Waals surface area (Å²) in [5.41, 5.74) is 1.16. The van der Waals surface area contributed by atoms with Crippen LogP contribution in [0, 0.1) is 0 Å². The summed E-state index contributed by atoms with van der Waals surface area (Å²) in [6.45, 7) is 1.59. The SMILES string of the molecule is O=C(Nc1nccn1Cc1ccc(Br)cc1)C1CCCN1. The highest BCUT2D eigenvalue weighted by Gasteiger charge is 2.22. The van der Waals surface area contributed by atoms with Gasteiger partial charge in [0.1, 0.15) is 0 Å². The Bertz CT molecular complexity index is 617. The van der Waals surface area contributed by atoms with Gasteiger partial charge in [-0.15, -0.1) is 0 Å². The molecule has 3 rings (SSSR count). The van der Waals surface area contributed by atoms with Crippen molar-refractivity contribution in [3.8, 4) is 0 Å². The molecule has 1 atom stereocenters. The van der Waals surface area contributed by atoms with Crippen molar-refractivity contribution >= 4 is 27.8 Å². The Morgan fingerprint density at radius 3 is 2.95 bits per heavy atom. The van der Waals surface area contributed by atoms with Gasteiger partial charge in [0.05, 0.1) is 12.6 Å². The Balaban J connectivity index is 1.68. The Morgan fingerprint density at radius 2 is 2.24 bits per heavy atom. The third-order valence-corrected chi connectivity index (χ3v) is 4.12.